The summed E-state index contributed by atoms with van der Waals surface area (Å²) in [6, 6.07) is 3.71. The molecule has 1 aliphatic rings. The molecule has 0 aromatic carbocycles. The van der Waals surface area contributed by atoms with Gasteiger partial charge in [-0.3, -0.25) is 19.4 Å². The molecule has 0 spiro atoms. The first-order chi connectivity index (χ1) is 13.0. The van der Waals surface area contributed by atoms with Crippen LogP contribution in [0.1, 0.15) is 18.5 Å². The summed E-state index contributed by atoms with van der Waals surface area (Å²) in [6.07, 6.45) is 4.77. The van der Waals surface area contributed by atoms with Gasteiger partial charge < -0.3 is 15.4 Å². The van der Waals surface area contributed by atoms with Crippen LogP contribution in [-0.4, -0.2) is 52.3 Å². The molecular weight excluding hydrogens is 368 g/mol. The molecule has 0 saturated carbocycles. The molecule has 2 N–H and O–H groups in total. The minimum atomic E-state index is -0.519. The molecule has 0 aliphatic carbocycles. The van der Waals surface area contributed by atoms with Crippen LogP contribution >= 0.6 is 11.3 Å². The van der Waals surface area contributed by atoms with Crippen molar-refractivity contribution in [3.8, 4) is 10.6 Å². The zero-order chi connectivity index (χ0) is 19.2. The van der Waals surface area contributed by atoms with E-state index in [4.69, 9.17) is 10.5 Å². The van der Waals surface area contributed by atoms with Gasteiger partial charge in [-0.25, -0.2) is 4.98 Å². The number of amides is 2. The Hall–Kier alpha value is -2.81. The van der Waals surface area contributed by atoms with Crippen LogP contribution in [-0.2, 0) is 25.5 Å². The van der Waals surface area contributed by atoms with Gasteiger partial charge in [-0.15, -0.1) is 11.3 Å². The molecule has 0 radical (unpaired) electrons. The molecule has 1 fully saturated rings. The first-order valence-electron chi connectivity index (χ1n) is 8.60. The van der Waals surface area contributed by atoms with Crippen molar-refractivity contribution >= 4 is 29.1 Å². The Labute approximate surface area is 160 Å². The number of thiazole rings is 1. The zero-order valence-electron chi connectivity index (χ0n) is 14.7. The third-order valence-corrected chi connectivity index (χ3v) is 5.26. The van der Waals surface area contributed by atoms with Gasteiger partial charge in [0.25, 0.3) is 5.91 Å². The van der Waals surface area contributed by atoms with Gasteiger partial charge in [0.2, 0.25) is 5.91 Å². The lowest BCUT2D eigenvalue weighted by molar-refractivity contribution is -0.152. The molecule has 1 aliphatic heterocycles. The number of nitrogens with zero attached hydrogens (tertiary/aromatic N) is 3. The molecule has 2 aromatic rings. The predicted molar refractivity (Wildman–Crippen MR) is 98.5 cm³/mol. The molecule has 142 valence electrons. The van der Waals surface area contributed by atoms with Gasteiger partial charge in [-0.05, 0) is 25.0 Å². The second-order valence-electron chi connectivity index (χ2n) is 6.30. The highest BCUT2D eigenvalue weighted by Gasteiger charge is 2.27. The predicted octanol–water partition coefficient (Wildman–Crippen LogP) is 1.01. The van der Waals surface area contributed by atoms with Crippen LogP contribution in [0.2, 0.25) is 0 Å². The van der Waals surface area contributed by atoms with Crippen LogP contribution in [0.3, 0.4) is 0 Å². The number of piperidine rings is 1. The summed E-state index contributed by atoms with van der Waals surface area (Å²) >= 11 is 1.42. The second-order valence-corrected chi connectivity index (χ2v) is 7.16. The highest BCUT2D eigenvalue weighted by atomic mass is 32.1. The van der Waals surface area contributed by atoms with Gasteiger partial charge in [0.1, 0.15) is 5.01 Å². The van der Waals surface area contributed by atoms with Crippen molar-refractivity contribution in [1.82, 2.24) is 14.9 Å². The van der Waals surface area contributed by atoms with Gasteiger partial charge in [-0.1, -0.05) is 0 Å². The number of carbonyl (C=O) groups is 3. The largest absolute Gasteiger partial charge is 0.455 e. The van der Waals surface area contributed by atoms with Crippen LogP contribution < -0.4 is 5.73 Å². The molecule has 3 rings (SSSR count). The first-order valence-corrected chi connectivity index (χ1v) is 9.48. The fourth-order valence-electron chi connectivity index (χ4n) is 2.88. The van der Waals surface area contributed by atoms with Crippen molar-refractivity contribution < 1.29 is 19.1 Å². The molecule has 3 heterocycles. The lowest BCUT2D eigenvalue weighted by Gasteiger charge is -2.31. The van der Waals surface area contributed by atoms with E-state index in [2.05, 4.69) is 9.97 Å². The van der Waals surface area contributed by atoms with Crippen LogP contribution in [0.15, 0.2) is 29.9 Å². The molecule has 1 atom stereocenters. The summed E-state index contributed by atoms with van der Waals surface area (Å²) in [4.78, 5) is 45.4. The van der Waals surface area contributed by atoms with Crippen LogP contribution in [0.25, 0.3) is 10.6 Å². The van der Waals surface area contributed by atoms with Crippen LogP contribution in [0.4, 0.5) is 0 Å². The fraction of sp³-hybridized carbons (Fsp3) is 0.389. The summed E-state index contributed by atoms with van der Waals surface area (Å²) < 4.78 is 5.08. The third kappa shape index (κ3) is 5.10. The molecule has 8 nitrogen and oxygen atoms in total. The molecule has 9 heteroatoms. The zero-order valence-corrected chi connectivity index (χ0v) is 15.5. The van der Waals surface area contributed by atoms with Crippen molar-refractivity contribution in [2.75, 3.05) is 19.7 Å². The van der Waals surface area contributed by atoms with E-state index in [1.807, 2.05) is 12.1 Å². The number of carbonyl (C=O) groups excluding carboxylic acids is 3. The Balaban J connectivity index is 1.48. The van der Waals surface area contributed by atoms with Crippen molar-refractivity contribution in [1.29, 1.82) is 0 Å². The van der Waals surface area contributed by atoms with E-state index in [9.17, 15) is 14.4 Å². The van der Waals surface area contributed by atoms with Gasteiger partial charge in [-0.2, -0.15) is 0 Å². The summed E-state index contributed by atoms with van der Waals surface area (Å²) in [5.41, 5.74) is 6.78. The lowest BCUT2D eigenvalue weighted by atomic mass is 9.97. The third-order valence-electron chi connectivity index (χ3n) is 4.32. The smallest absolute Gasteiger partial charge is 0.312 e. The fourth-order valence-corrected chi connectivity index (χ4v) is 3.69. The normalized spacial score (nSPS) is 16.7. The number of rotatable bonds is 6. The number of nitrogens with two attached hydrogens (primary N) is 1. The Morgan fingerprint density at radius 2 is 2.22 bits per heavy atom. The number of aromatic nitrogens is 2. The number of hydrogen-bond acceptors (Lipinski definition) is 7. The topological polar surface area (TPSA) is 115 Å². The Morgan fingerprint density at radius 3 is 2.96 bits per heavy atom. The van der Waals surface area contributed by atoms with E-state index in [1.54, 1.807) is 17.8 Å². The van der Waals surface area contributed by atoms with E-state index in [1.165, 1.54) is 16.2 Å². The van der Waals surface area contributed by atoms with Crippen LogP contribution in [0.5, 0.6) is 0 Å². The second kappa shape index (κ2) is 8.72. The van der Waals surface area contributed by atoms with Gasteiger partial charge >= 0.3 is 5.97 Å². The minimum absolute atomic E-state index is 0.00600. The lowest BCUT2D eigenvalue weighted by Crippen LogP contribution is -2.45. The maximum atomic E-state index is 12.2. The Morgan fingerprint density at radius 1 is 1.37 bits per heavy atom. The van der Waals surface area contributed by atoms with Crippen molar-refractivity contribution in [3.63, 3.8) is 0 Å². The van der Waals surface area contributed by atoms with E-state index >= 15 is 0 Å². The maximum Gasteiger partial charge on any atom is 0.312 e. The molecule has 0 unspecified atom stereocenters. The van der Waals surface area contributed by atoms with Gasteiger partial charge in [0.05, 0.1) is 18.0 Å². The highest BCUT2D eigenvalue weighted by Crippen LogP contribution is 2.23. The molecule has 27 heavy (non-hydrogen) atoms. The quantitative estimate of drug-likeness (QED) is 0.739. The SMILES string of the molecule is NC(=O)[C@@H]1CCCN(C(=O)COC(=O)Cc2csc(-c3cccnc3)n2)C1. The number of hydrogen-bond donors (Lipinski definition) is 1. The summed E-state index contributed by atoms with van der Waals surface area (Å²) in [5, 5.41) is 2.56. The monoisotopic (exact) mass is 388 g/mol. The Bertz CT molecular complexity index is 824. The van der Waals surface area contributed by atoms with E-state index < -0.39 is 11.9 Å². The number of pyridine rings is 1. The van der Waals surface area contributed by atoms with Crippen molar-refractivity contribution in [2.45, 2.75) is 19.3 Å². The Kier molecular flexibility index (Phi) is 6.12. The van der Waals surface area contributed by atoms with E-state index in [-0.39, 0.29) is 31.4 Å². The number of likely N-dealkylation sites (tertiary alicyclic amines) is 1. The van der Waals surface area contributed by atoms with Crippen molar-refractivity contribution in [2.24, 2.45) is 11.7 Å². The minimum Gasteiger partial charge on any atom is -0.455 e. The number of primary amides is 1. The number of esters is 1. The molecule has 2 amide bonds. The average molecular weight is 388 g/mol. The maximum absolute atomic E-state index is 12.2. The molecule has 2 aromatic heterocycles. The summed E-state index contributed by atoms with van der Waals surface area (Å²) in [5.74, 6) is -1.57. The van der Waals surface area contributed by atoms with E-state index in [0.29, 0.717) is 25.1 Å². The number of ether oxygens (including phenoxy) is 1. The average Bonchev–Trinajstić information content (AvgIpc) is 3.15. The standard InChI is InChI=1S/C18H20N4O4S/c19-17(25)13-4-2-6-22(9-13)15(23)10-26-16(24)7-14-11-27-18(21-14)12-3-1-5-20-8-12/h1,3,5,8,11,13H,2,4,6-7,9-10H2,(H2,19,25)/t13-/m1/s1. The summed E-state index contributed by atoms with van der Waals surface area (Å²) in [7, 11) is 0. The van der Waals surface area contributed by atoms with Gasteiger partial charge in [0, 0.05) is 36.4 Å². The highest BCUT2D eigenvalue weighted by molar-refractivity contribution is 7.13. The molecular formula is C18H20N4O4S. The summed E-state index contributed by atoms with van der Waals surface area (Å²) in [6.45, 7) is 0.483. The van der Waals surface area contributed by atoms with Crippen molar-refractivity contribution in [3.05, 3.63) is 35.6 Å². The molecule has 1 saturated heterocycles. The first kappa shape index (κ1) is 19.0. The molecule has 0 bridgehead atoms. The van der Waals surface area contributed by atoms with Gasteiger partial charge in [0.15, 0.2) is 6.61 Å². The van der Waals surface area contributed by atoms with E-state index in [0.717, 1.165) is 10.6 Å². The van der Waals surface area contributed by atoms with Crippen LogP contribution in [0, 0.1) is 5.92 Å².